The highest BCUT2D eigenvalue weighted by Crippen LogP contribution is 2.62. The Morgan fingerprint density at radius 1 is 1.21 bits per heavy atom. The van der Waals surface area contributed by atoms with Crippen LogP contribution in [-0.4, -0.2) is 37.1 Å². The van der Waals surface area contributed by atoms with Gasteiger partial charge in [0.05, 0.1) is 5.41 Å². The van der Waals surface area contributed by atoms with Crippen LogP contribution in [0.2, 0.25) is 0 Å². The first-order valence-corrected chi connectivity index (χ1v) is 12.1. The van der Waals surface area contributed by atoms with E-state index in [0.717, 1.165) is 38.9 Å². The Labute approximate surface area is 177 Å². The Morgan fingerprint density at radius 2 is 1.97 bits per heavy atom. The topological polar surface area (TPSA) is 29.5 Å². The number of carbonyl (C=O) groups excluding carboxylic acids is 1. The van der Waals surface area contributed by atoms with Crippen LogP contribution < -0.4 is 0 Å². The minimum absolute atomic E-state index is 0.0682. The van der Waals surface area contributed by atoms with Gasteiger partial charge in [0.25, 0.3) is 0 Å². The summed E-state index contributed by atoms with van der Waals surface area (Å²) in [5, 5.41) is 0. The Morgan fingerprint density at radius 3 is 2.69 bits per heavy atom. The van der Waals surface area contributed by atoms with Crippen molar-refractivity contribution in [3.8, 4) is 0 Å². The molecule has 0 aromatic rings. The molecule has 4 atom stereocenters. The fourth-order valence-electron chi connectivity index (χ4n) is 7.03. The molecule has 4 unspecified atom stereocenters. The predicted molar refractivity (Wildman–Crippen MR) is 119 cm³/mol. The van der Waals surface area contributed by atoms with Crippen LogP contribution in [0.1, 0.15) is 79.1 Å². The van der Waals surface area contributed by atoms with Gasteiger partial charge in [-0.05, 0) is 93.7 Å². The first-order chi connectivity index (χ1) is 13.8. The number of hydrogen-bond acceptors (Lipinski definition) is 3. The van der Waals surface area contributed by atoms with Gasteiger partial charge in [0.1, 0.15) is 6.61 Å². The zero-order valence-electron chi connectivity index (χ0n) is 19.1. The number of allylic oxidation sites excluding steroid dienone is 4. The van der Waals surface area contributed by atoms with Crippen molar-refractivity contribution in [2.45, 2.75) is 79.1 Å². The molecule has 0 N–H and O–H groups in total. The lowest BCUT2D eigenvalue weighted by Crippen LogP contribution is -2.53. The minimum atomic E-state index is -0.331. The number of esters is 1. The fourth-order valence-corrected chi connectivity index (χ4v) is 7.03. The standard InChI is InChI=1S/C26H41NO2/c1-19(2)20-8-10-22-21(18-20)9-11-23-25(22,3)12-7-13-26(23,4)24(28)29-17-16-27-14-5-6-15-27/h9,18-19,22-23H,5-8,10-17H2,1-4H3. The number of fused-ring (bicyclic) bond motifs is 3. The maximum atomic E-state index is 13.3. The molecule has 0 aromatic heterocycles. The Kier molecular flexibility index (Phi) is 5.99. The average molecular weight is 400 g/mol. The van der Waals surface area contributed by atoms with Crippen LogP contribution in [0.4, 0.5) is 0 Å². The zero-order chi connectivity index (χ0) is 20.6. The SMILES string of the molecule is CC(C)C1=CC2=CCC3C(C)(C(=O)OCCN4CCCC4)CCCC3(C)C2CC1. The number of ether oxygens (including phenoxy) is 1. The van der Waals surface area contributed by atoms with Gasteiger partial charge in [0.15, 0.2) is 0 Å². The molecule has 4 rings (SSSR count). The second-order valence-corrected chi connectivity index (χ2v) is 10.9. The summed E-state index contributed by atoms with van der Waals surface area (Å²) in [5.41, 5.74) is 3.06. The van der Waals surface area contributed by atoms with Gasteiger partial charge < -0.3 is 4.74 Å². The summed E-state index contributed by atoms with van der Waals surface area (Å²) in [4.78, 5) is 15.7. The molecule has 1 aliphatic heterocycles. The molecule has 0 spiro atoms. The molecule has 1 saturated heterocycles. The van der Waals surface area contributed by atoms with E-state index >= 15 is 0 Å². The molecule has 0 aromatic carbocycles. The van der Waals surface area contributed by atoms with Crippen LogP contribution in [0.25, 0.3) is 0 Å². The molecule has 0 bridgehead atoms. The number of likely N-dealkylation sites (tertiary alicyclic amines) is 1. The smallest absolute Gasteiger partial charge is 0.312 e. The lowest BCUT2D eigenvalue weighted by molar-refractivity contribution is -0.169. The number of hydrogen-bond donors (Lipinski definition) is 0. The summed E-state index contributed by atoms with van der Waals surface area (Å²) in [6.07, 6.45) is 14.4. The summed E-state index contributed by atoms with van der Waals surface area (Å²) < 4.78 is 5.91. The van der Waals surface area contributed by atoms with Crippen molar-refractivity contribution in [3.05, 3.63) is 23.3 Å². The van der Waals surface area contributed by atoms with Crippen LogP contribution in [-0.2, 0) is 9.53 Å². The van der Waals surface area contributed by atoms with Crippen molar-refractivity contribution >= 4 is 5.97 Å². The van der Waals surface area contributed by atoms with Gasteiger partial charge in [-0.15, -0.1) is 0 Å². The summed E-state index contributed by atoms with van der Waals surface area (Å²) in [6.45, 7) is 13.1. The number of carbonyl (C=O) groups is 1. The summed E-state index contributed by atoms with van der Waals surface area (Å²) >= 11 is 0. The van der Waals surface area contributed by atoms with E-state index < -0.39 is 0 Å². The molecule has 0 amide bonds. The first-order valence-electron chi connectivity index (χ1n) is 12.1. The second kappa shape index (κ2) is 8.21. The van der Waals surface area contributed by atoms with Gasteiger partial charge in [-0.2, -0.15) is 0 Å². The molecule has 162 valence electrons. The van der Waals surface area contributed by atoms with E-state index in [1.807, 2.05) is 0 Å². The van der Waals surface area contributed by atoms with E-state index in [0.29, 0.717) is 24.4 Å². The molecule has 3 nitrogen and oxygen atoms in total. The van der Waals surface area contributed by atoms with E-state index in [-0.39, 0.29) is 16.8 Å². The van der Waals surface area contributed by atoms with Gasteiger partial charge in [-0.3, -0.25) is 9.69 Å². The van der Waals surface area contributed by atoms with E-state index in [1.54, 1.807) is 11.1 Å². The predicted octanol–water partition coefficient (Wildman–Crippen LogP) is 5.76. The number of rotatable bonds is 5. The van der Waals surface area contributed by atoms with E-state index in [4.69, 9.17) is 4.74 Å². The molecule has 3 heteroatoms. The van der Waals surface area contributed by atoms with Crippen LogP contribution in [0.5, 0.6) is 0 Å². The van der Waals surface area contributed by atoms with Crippen LogP contribution in [0.3, 0.4) is 0 Å². The Hall–Kier alpha value is -1.09. The fraction of sp³-hybridized carbons (Fsp3) is 0.808. The van der Waals surface area contributed by atoms with Crippen LogP contribution in [0, 0.1) is 28.6 Å². The van der Waals surface area contributed by atoms with Crippen molar-refractivity contribution in [1.29, 1.82) is 0 Å². The third kappa shape index (κ3) is 3.84. The van der Waals surface area contributed by atoms with Gasteiger partial charge in [-0.1, -0.05) is 44.9 Å². The van der Waals surface area contributed by atoms with E-state index in [2.05, 4.69) is 44.7 Å². The van der Waals surface area contributed by atoms with E-state index in [1.165, 1.54) is 32.1 Å². The van der Waals surface area contributed by atoms with Gasteiger partial charge >= 0.3 is 5.97 Å². The quantitative estimate of drug-likeness (QED) is 0.550. The van der Waals surface area contributed by atoms with Crippen molar-refractivity contribution in [3.63, 3.8) is 0 Å². The molecule has 1 heterocycles. The lowest BCUT2D eigenvalue weighted by atomic mass is 9.47. The Balaban J connectivity index is 1.49. The highest BCUT2D eigenvalue weighted by Gasteiger charge is 2.57. The zero-order valence-corrected chi connectivity index (χ0v) is 19.1. The molecule has 1 saturated carbocycles. The number of nitrogens with zero attached hydrogens (tertiary/aromatic N) is 1. The highest BCUT2D eigenvalue weighted by atomic mass is 16.5. The van der Waals surface area contributed by atoms with Crippen molar-refractivity contribution in [2.24, 2.45) is 28.6 Å². The molecule has 0 radical (unpaired) electrons. The molecule has 3 aliphatic carbocycles. The van der Waals surface area contributed by atoms with Crippen LogP contribution in [0.15, 0.2) is 23.3 Å². The monoisotopic (exact) mass is 399 g/mol. The molecule has 4 aliphatic rings. The van der Waals surface area contributed by atoms with Crippen molar-refractivity contribution < 1.29 is 9.53 Å². The third-order valence-corrected chi connectivity index (χ3v) is 8.89. The van der Waals surface area contributed by atoms with Crippen LogP contribution >= 0.6 is 0 Å². The third-order valence-electron chi connectivity index (χ3n) is 8.89. The molecule has 2 fully saturated rings. The molecule has 29 heavy (non-hydrogen) atoms. The average Bonchev–Trinajstić information content (AvgIpc) is 3.20. The van der Waals surface area contributed by atoms with Crippen molar-refractivity contribution in [1.82, 2.24) is 4.90 Å². The molecular formula is C26H41NO2. The van der Waals surface area contributed by atoms with Gasteiger partial charge in [0.2, 0.25) is 0 Å². The van der Waals surface area contributed by atoms with Gasteiger partial charge in [-0.25, -0.2) is 0 Å². The maximum absolute atomic E-state index is 13.3. The van der Waals surface area contributed by atoms with E-state index in [9.17, 15) is 4.79 Å². The highest BCUT2D eigenvalue weighted by molar-refractivity contribution is 5.77. The normalized spacial score (nSPS) is 37.6. The summed E-state index contributed by atoms with van der Waals surface area (Å²) in [5.74, 6) is 1.73. The minimum Gasteiger partial charge on any atom is -0.464 e. The first kappa shape index (κ1) is 21.2. The largest absolute Gasteiger partial charge is 0.464 e. The Bertz CT molecular complexity index is 687. The van der Waals surface area contributed by atoms with Crippen molar-refractivity contribution in [2.75, 3.05) is 26.2 Å². The second-order valence-electron chi connectivity index (χ2n) is 10.9. The lowest BCUT2D eigenvalue weighted by Gasteiger charge is -2.57. The summed E-state index contributed by atoms with van der Waals surface area (Å²) in [7, 11) is 0. The molecular weight excluding hydrogens is 358 g/mol. The summed E-state index contributed by atoms with van der Waals surface area (Å²) in [6, 6.07) is 0. The van der Waals surface area contributed by atoms with Gasteiger partial charge in [0, 0.05) is 6.54 Å². The maximum Gasteiger partial charge on any atom is 0.312 e.